The van der Waals surface area contributed by atoms with E-state index in [1.165, 1.54) is 0 Å². The molecule has 3 aliphatic rings. The summed E-state index contributed by atoms with van der Waals surface area (Å²) in [6, 6.07) is 0.275. The molecule has 1 saturated heterocycles. The molecule has 1 saturated carbocycles. The smallest absolute Gasteiger partial charge is 0.407 e. The zero-order valence-electron chi connectivity index (χ0n) is 5.99. The van der Waals surface area contributed by atoms with E-state index in [9.17, 15) is 4.79 Å². The Morgan fingerprint density at radius 3 is 3.09 bits per heavy atom. The third-order valence-corrected chi connectivity index (χ3v) is 2.91. The average molecular weight is 151 g/mol. The second-order valence-corrected chi connectivity index (χ2v) is 3.49. The van der Waals surface area contributed by atoms with Gasteiger partial charge in [-0.1, -0.05) is 12.2 Å². The lowest BCUT2D eigenvalue weighted by Gasteiger charge is -2.16. The number of fused-ring (bicyclic) bond motifs is 5. The summed E-state index contributed by atoms with van der Waals surface area (Å²) in [4.78, 5) is 10.8. The van der Waals surface area contributed by atoms with Crippen molar-refractivity contribution in [2.45, 2.75) is 18.6 Å². The molecule has 0 radical (unpaired) electrons. The van der Waals surface area contributed by atoms with Crippen LogP contribution in [0.15, 0.2) is 12.2 Å². The quantitative estimate of drug-likeness (QED) is 0.517. The SMILES string of the molecule is O=C1N[C@@H]2[C@H](O1)[C@@H]1C=C[C@H]2C1. The Balaban J connectivity index is 1.97. The van der Waals surface area contributed by atoms with Gasteiger partial charge in [-0.25, -0.2) is 4.79 Å². The molecule has 11 heavy (non-hydrogen) atoms. The Labute approximate surface area is 64.4 Å². The fraction of sp³-hybridized carbons (Fsp3) is 0.625. The minimum absolute atomic E-state index is 0.137. The third kappa shape index (κ3) is 0.564. The van der Waals surface area contributed by atoms with Crippen LogP contribution < -0.4 is 5.32 Å². The maximum Gasteiger partial charge on any atom is 0.407 e. The van der Waals surface area contributed by atoms with Crippen molar-refractivity contribution in [3.63, 3.8) is 0 Å². The molecule has 0 aromatic heterocycles. The van der Waals surface area contributed by atoms with Crippen molar-refractivity contribution in [1.82, 2.24) is 5.32 Å². The summed E-state index contributed by atoms with van der Waals surface area (Å²) >= 11 is 0. The fourth-order valence-electron chi connectivity index (χ4n) is 2.42. The van der Waals surface area contributed by atoms with Gasteiger partial charge in [-0.3, -0.25) is 0 Å². The molecule has 2 bridgehead atoms. The Morgan fingerprint density at radius 1 is 1.45 bits per heavy atom. The van der Waals surface area contributed by atoms with Crippen LogP contribution in [0, 0.1) is 11.8 Å². The van der Waals surface area contributed by atoms with Crippen LogP contribution in [-0.4, -0.2) is 18.2 Å². The van der Waals surface area contributed by atoms with Gasteiger partial charge in [0.25, 0.3) is 0 Å². The molecule has 3 rings (SSSR count). The van der Waals surface area contributed by atoms with E-state index >= 15 is 0 Å². The van der Waals surface area contributed by atoms with Gasteiger partial charge in [-0.2, -0.15) is 0 Å². The molecule has 58 valence electrons. The zero-order chi connectivity index (χ0) is 7.42. The van der Waals surface area contributed by atoms with Crippen LogP contribution >= 0.6 is 0 Å². The van der Waals surface area contributed by atoms with Gasteiger partial charge in [-0.15, -0.1) is 0 Å². The predicted octanol–water partition coefficient (Wildman–Crippen LogP) is 0.669. The zero-order valence-corrected chi connectivity index (χ0v) is 5.99. The molecule has 1 N–H and O–H groups in total. The first-order valence-corrected chi connectivity index (χ1v) is 4.00. The number of hydrogen-bond donors (Lipinski definition) is 1. The van der Waals surface area contributed by atoms with Crippen LogP contribution in [0.4, 0.5) is 4.79 Å². The van der Waals surface area contributed by atoms with Gasteiger partial charge < -0.3 is 10.1 Å². The fourth-order valence-corrected chi connectivity index (χ4v) is 2.42. The number of amides is 1. The first-order chi connectivity index (χ1) is 5.34. The largest absolute Gasteiger partial charge is 0.443 e. The van der Waals surface area contributed by atoms with Crippen molar-refractivity contribution in [3.8, 4) is 0 Å². The van der Waals surface area contributed by atoms with E-state index in [1.807, 2.05) is 0 Å². The normalized spacial score (nSPS) is 50.7. The molecule has 1 aliphatic heterocycles. The molecule has 2 aliphatic carbocycles. The lowest BCUT2D eigenvalue weighted by atomic mass is 10.00. The lowest BCUT2D eigenvalue weighted by molar-refractivity contribution is 0.120. The lowest BCUT2D eigenvalue weighted by Crippen LogP contribution is -2.34. The standard InChI is InChI=1S/C8H9NO2/c10-8-9-6-4-1-2-5(3-4)7(6)11-8/h1-2,4-7H,3H2,(H,9,10)/t4-,5+,6-,7+/m0/s1. The van der Waals surface area contributed by atoms with Gasteiger partial charge in [0, 0.05) is 11.8 Å². The van der Waals surface area contributed by atoms with E-state index in [0.29, 0.717) is 11.8 Å². The summed E-state index contributed by atoms with van der Waals surface area (Å²) < 4.78 is 5.12. The predicted molar refractivity (Wildman–Crippen MR) is 37.9 cm³/mol. The number of carbonyl (C=O) groups excluding carboxylic acids is 1. The molecule has 0 spiro atoms. The van der Waals surface area contributed by atoms with Crippen molar-refractivity contribution in [2.75, 3.05) is 0 Å². The summed E-state index contributed by atoms with van der Waals surface area (Å²) in [5.41, 5.74) is 0. The van der Waals surface area contributed by atoms with Gasteiger partial charge in [0.2, 0.25) is 0 Å². The highest BCUT2D eigenvalue weighted by atomic mass is 16.6. The van der Waals surface area contributed by atoms with Gasteiger partial charge >= 0.3 is 6.09 Å². The molecule has 3 heteroatoms. The molecule has 1 heterocycles. The summed E-state index contributed by atoms with van der Waals surface area (Å²) in [6.45, 7) is 0. The maximum atomic E-state index is 10.8. The number of nitrogens with one attached hydrogen (secondary N) is 1. The first-order valence-electron chi connectivity index (χ1n) is 4.00. The highest BCUT2D eigenvalue weighted by molar-refractivity contribution is 5.71. The van der Waals surface area contributed by atoms with Crippen LogP contribution in [0.2, 0.25) is 0 Å². The molecule has 3 nitrogen and oxygen atoms in total. The van der Waals surface area contributed by atoms with E-state index in [1.54, 1.807) is 0 Å². The first kappa shape index (κ1) is 5.63. The van der Waals surface area contributed by atoms with Gasteiger partial charge in [0.1, 0.15) is 6.10 Å². The molecule has 2 fully saturated rings. The van der Waals surface area contributed by atoms with E-state index in [4.69, 9.17) is 4.74 Å². The van der Waals surface area contributed by atoms with Crippen molar-refractivity contribution in [2.24, 2.45) is 11.8 Å². The number of carbonyl (C=O) groups is 1. The van der Waals surface area contributed by atoms with E-state index in [0.717, 1.165) is 6.42 Å². The molecular weight excluding hydrogens is 142 g/mol. The van der Waals surface area contributed by atoms with Crippen LogP contribution in [0.5, 0.6) is 0 Å². The van der Waals surface area contributed by atoms with Crippen molar-refractivity contribution in [3.05, 3.63) is 12.2 Å². The van der Waals surface area contributed by atoms with Gasteiger partial charge in [0.15, 0.2) is 0 Å². The molecule has 1 amide bonds. The third-order valence-electron chi connectivity index (χ3n) is 2.91. The Morgan fingerprint density at radius 2 is 2.27 bits per heavy atom. The van der Waals surface area contributed by atoms with Gasteiger partial charge in [-0.05, 0) is 6.42 Å². The van der Waals surface area contributed by atoms with Crippen molar-refractivity contribution < 1.29 is 9.53 Å². The minimum atomic E-state index is -0.238. The average Bonchev–Trinajstić information content (AvgIpc) is 2.53. The monoisotopic (exact) mass is 151 g/mol. The van der Waals surface area contributed by atoms with E-state index in [2.05, 4.69) is 17.5 Å². The number of rotatable bonds is 0. The highest BCUT2D eigenvalue weighted by Crippen LogP contribution is 2.43. The summed E-state index contributed by atoms with van der Waals surface area (Å²) in [7, 11) is 0. The maximum absolute atomic E-state index is 10.8. The molecule has 0 unspecified atom stereocenters. The van der Waals surface area contributed by atoms with Crippen LogP contribution in [0.1, 0.15) is 6.42 Å². The molecule has 4 atom stereocenters. The topological polar surface area (TPSA) is 38.3 Å². The highest BCUT2D eigenvalue weighted by Gasteiger charge is 2.51. The summed E-state index contributed by atoms with van der Waals surface area (Å²) in [6.07, 6.45) is 5.43. The van der Waals surface area contributed by atoms with Crippen molar-refractivity contribution >= 4 is 6.09 Å². The summed E-state index contributed by atoms with van der Waals surface area (Å²) in [5.74, 6) is 1.03. The van der Waals surface area contributed by atoms with Crippen molar-refractivity contribution in [1.29, 1.82) is 0 Å². The van der Waals surface area contributed by atoms with Crippen LogP contribution in [0.3, 0.4) is 0 Å². The Kier molecular flexibility index (Phi) is 0.819. The van der Waals surface area contributed by atoms with E-state index in [-0.39, 0.29) is 18.2 Å². The number of ether oxygens (including phenoxy) is 1. The molecule has 0 aromatic rings. The van der Waals surface area contributed by atoms with E-state index < -0.39 is 0 Å². The summed E-state index contributed by atoms with van der Waals surface area (Å²) in [5, 5.41) is 2.83. The second-order valence-electron chi connectivity index (χ2n) is 3.49. The molecular formula is C8H9NO2. The van der Waals surface area contributed by atoms with Crippen LogP contribution in [0.25, 0.3) is 0 Å². The minimum Gasteiger partial charge on any atom is -0.443 e. The number of hydrogen-bond acceptors (Lipinski definition) is 2. The van der Waals surface area contributed by atoms with Gasteiger partial charge in [0.05, 0.1) is 6.04 Å². The Bertz CT molecular complexity index is 226. The number of alkyl carbamates (subject to hydrolysis) is 1. The Hall–Kier alpha value is -0.990. The molecule has 0 aromatic carbocycles. The second kappa shape index (κ2) is 1.60. The van der Waals surface area contributed by atoms with Crippen LogP contribution in [-0.2, 0) is 4.74 Å².